The van der Waals surface area contributed by atoms with E-state index in [9.17, 15) is 8.42 Å². The molecule has 1 aliphatic heterocycles. The van der Waals surface area contributed by atoms with Crippen LogP contribution in [0.25, 0.3) is 0 Å². The second kappa shape index (κ2) is 5.73. The van der Waals surface area contributed by atoms with Gasteiger partial charge in [0.25, 0.3) is 0 Å². The Balaban J connectivity index is 1.81. The van der Waals surface area contributed by atoms with E-state index in [0.717, 1.165) is 45.4 Å². The summed E-state index contributed by atoms with van der Waals surface area (Å²) in [6.45, 7) is 2.34. The summed E-state index contributed by atoms with van der Waals surface area (Å²) in [6, 6.07) is 0. The third kappa shape index (κ3) is 3.02. The number of anilines is 2. The van der Waals surface area contributed by atoms with Crippen LogP contribution in [0, 0.1) is 5.92 Å². The average Bonchev–Trinajstić information content (AvgIpc) is 3.23. The largest absolute Gasteiger partial charge is 0.382 e. The molecule has 0 amide bonds. The van der Waals surface area contributed by atoms with Crippen molar-refractivity contribution in [2.75, 3.05) is 37.4 Å². The van der Waals surface area contributed by atoms with Crippen molar-refractivity contribution >= 4 is 32.2 Å². The Kier molecular flexibility index (Phi) is 4.11. The monoisotopic (exact) mass is 331 g/mol. The third-order valence-electron chi connectivity index (χ3n) is 4.04. The van der Waals surface area contributed by atoms with Crippen LogP contribution in [0.4, 0.5) is 10.8 Å². The molecule has 2 fully saturated rings. The van der Waals surface area contributed by atoms with Gasteiger partial charge in [0.05, 0.1) is 11.9 Å². The fourth-order valence-electron chi connectivity index (χ4n) is 2.76. The van der Waals surface area contributed by atoms with Crippen LogP contribution in [0.3, 0.4) is 0 Å². The molecule has 6 nitrogen and oxygen atoms in total. The maximum atomic E-state index is 12.5. The van der Waals surface area contributed by atoms with Crippen molar-refractivity contribution in [3.05, 3.63) is 0 Å². The predicted molar refractivity (Wildman–Crippen MR) is 83.5 cm³/mol. The number of ether oxygens (including phenoxy) is 1. The highest BCUT2D eigenvalue weighted by molar-refractivity contribution is 7.92. The van der Waals surface area contributed by atoms with Crippen LogP contribution < -0.4 is 10.6 Å². The molecule has 2 aliphatic rings. The molecule has 1 unspecified atom stereocenters. The zero-order valence-corrected chi connectivity index (χ0v) is 13.8. The van der Waals surface area contributed by atoms with Crippen LogP contribution >= 0.6 is 11.5 Å². The molecule has 3 rings (SSSR count). The molecular formula is C13H21N3O3S2. The second-order valence-electron chi connectivity index (χ2n) is 5.91. The molecule has 1 atom stereocenters. The van der Waals surface area contributed by atoms with Crippen LogP contribution in [-0.4, -0.2) is 44.8 Å². The van der Waals surface area contributed by atoms with E-state index < -0.39 is 9.84 Å². The Morgan fingerprint density at radius 1 is 1.43 bits per heavy atom. The normalized spacial score (nSPS) is 23.2. The predicted octanol–water partition coefficient (Wildman–Crippen LogP) is 1.52. The van der Waals surface area contributed by atoms with Crippen molar-refractivity contribution in [2.24, 2.45) is 5.92 Å². The van der Waals surface area contributed by atoms with Gasteiger partial charge in [-0.15, -0.1) is 0 Å². The maximum absolute atomic E-state index is 12.5. The molecule has 8 heteroatoms. The number of hydrogen-bond acceptors (Lipinski definition) is 7. The summed E-state index contributed by atoms with van der Waals surface area (Å²) in [5.41, 5.74) is 5.83. The van der Waals surface area contributed by atoms with Crippen molar-refractivity contribution in [2.45, 2.75) is 35.8 Å². The second-order valence-corrected chi connectivity index (χ2v) is 8.83. The number of nitrogens with two attached hydrogens (primary N) is 1. The summed E-state index contributed by atoms with van der Waals surface area (Å²) < 4.78 is 34.6. The van der Waals surface area contributed by atoms with Crippen molar-refractivity contribution in [1.82, 2.24) is 4.37 Å². The molecule has 1 aromatic rings. The van der Waals surface area contributed by atoms with Crippen molar-refractivity contribution < 1.29 is 13.2 Å². The summed E-state index contributed by atoms with van der Waals surface area (Å²) in [5, 5.41) is 0.409. The van der Waals surface area contributed by atoms with Crippen molar-refractivity contribution in [3.63, 3.8) is 0 Å². The lowest BCUT2D eigenvalue weighted by atomic mass is 10.0. The van der Waals surface area contributed by atoms with E-state index in [2.05, 4.69) is 4.37 Å². The van der Waals surface area contributed by atoms with Crippen LogP contribution in [0.2, 0.25) is 0 Å². The molecule has 1 aromatic heterocycles. The molecule has 0 radical (unpaired) electrons. The average molecular weight is 331 g/mol. The van der Waals surface area contributed by atoms with E-state index in [1.807, 2.05) is 11.9 Å². The number of hydrogen-bond donors (Lipinski definition) is 1. The maximum Gasteiger partial charge on any atom is 0.187 e. The molecular weight excluding hydrogens is 310 g/mol. The van der Waals surface area contributed by atoms with Gasteiger partial charge in [0, 0.05) is 20.2 Å². The van der Waals surface area contributed by atoms with Gasteiger partial charge >= 0.3 is 0 Å². The molecule has 0 bridgehead atoms. The highest BCUT2D eigenvalue weighted by Crippen LogP contribution is 2.42. The minimum atomic E-state index is -3.32. The lowest BCUT2D eigenvalue weighted by Crippen LogP contribution is -2.31. The lowest BCUT2D eigenvalue weighted by Gasteiger charge is -2.27. The molecule has 2 heterocycles. The smallest absolute Gasteiger partial charge is 0.187 e. The molecule has 1 saturated carbocycles. The Hall–Kier alpha value is -0.860. The Morgan fingerprint density at radius 3 is 2.81 bits per heavy atom. The van der Waals surface area contributed by atoms with E-state index in [0.29, 0.717) is 10.9 Å². The van der Waals surface area contributed by atoms with Gasteiger partial charge in [-0.05, 0) is 43.1 Å². The van der Waals surface area contributed by atoms with Crippen LogP contribution in [0.15, 0.2) is 4.90 Å². The first kappa shape index (κ1) is 15.1. The van der Waals surface area contributed by atoms with E-state index in [1.54, 1.807) is 0 Å². The van der Waals surface area contributed by atoms with Crippen molar-refractivity contribution in [1.29, 1.82) is 0 Å². The summed E-state index contributed by atoms with van der Waals surface area (Å²) >= 11 is 1.18. The molecule has 21 heavy (non-hydrogen) atoms. The molecule has 118 valence electrons. The van der Waals surface area contributed by atoms with Gasteiger partial charge in [-0.25, -0.2) is 8.42 Å². The summed E-state index contributed by atoms with van der Waals surface area (Å²) in [5.74, 6) is 0.581. The molecule has 2 N–H and O–H groups in total. The highest BCUT2D eigenvalue weighted by Gasteiger charge is 2.41. The Morgan fingerprint density at radius 2 is 2.19 bits per heavy atom. The zero-order valence-electron chi connectivity index (χ0n) is 12.1. The topological polar surface area (TPSA) is 85.5 Å². The quantitative estimate of drug-likeness (QED) is 0.880. The third-order valence-corrected chi connectivity index (χ3v) is 7.46. The Bertz CT molecular complexity index is 604. The number of nitrogens with zero attached hydrogens (tertiary/aromatic N) is 2. The van der Waals surface area contributed by atoms with Crippen LogP contribution in [-0.2, 0) is 14.6 Å². The van der Waals surface area contributed by atoms with Gasteiger partial charge in [-0.2, -0.15) is 4.37 Å². The number of sulfone groups is 1. The van der Waals surface area contributed by atoms with E-state index in [-0.39, 0.29) is 16.0 Å². The van der Waals surface area contributed by atoms with Crippen molar-refractivity contribution in [3.8, 4) is 0 Å². The van der Waals surface area contributed by atoms with Crippen LogP contribution in [0.1, 0.15) is 25.7 Å². The van der Waals surface area contributed by atoms with Gasteiger partial charge in [0.15, 0.2) is 15.7 Å². The van der Waals surface area contributed by atoms with Gasteiger partial charge in [0.1, 0.15) is 9.90 Å². The minimum absolute atomic E-state index is 0.147. The van der Waals surface area contributed by atoms with E-state index >= 15 is 0 Å². The first-order valence-electron chi connectivity index (χ1n) is 7.28. The van der Waals surface area contributed by atoms with Gasteiger partial charge < -0.3 is 15.4 Å². The summed E-state index contributed by atoms with van der Waals surface area (Å²) in [4.78, 5) is 2.22. The number of nitrogen functional groups attached to an aromatic ring is 1. The Labute approximate surface area is 129 Å². The highest BCUT2D eigenvalue weighted by atomic mass is 32.2. The first-order valence-corrected chi connectivity index (χ1v) is 9.60. The molecule has 1 aliphatic carbocycles. The van der Waals surface area contributed by atoms with E-state index in [1.165, 1.54) is 11.5 Å². The van der Waals surface area contributed by atoms with Gasteiger partial charge in [-0.1, -0.05) is 0 Å². The van der Waals surface area contributed by atoms with E-state index in [4.69, 9.17) is 10.5 Å². The minimum Gasteiger partial charge on any atom is -0.382 e. The van der Waals surface area contributed by atoms with Gasteiger partial charge in [-0.3, -0.25) is 0 Å². The summed E-state index contributed by atoms with van der Waals surface area (Å²) in [7, 11) is -1.41. The van der Waals surface area contributed by atoms with Crippen LogP contribution in [0.5, 0.6) is 0 Å². The zero-order chi connectivity index (χ0) is 15.0. The number of rotatable bonds is 5. The summed E-state index contributed by atoms with van der Waals surface area (Å²) in [6.07, 6.45) is 3.65. The fraction of sp³-hybridized carbons (Fsp3) is 0.769. The first-order chi connectivity index (χ1) is 10.00. The number of aromatic nitrogens is 1. The lowest BCUT2D eigenvalue weighted by molar-refractivity contribution is 0.0576. The fourth-order valence-corrected chi connectivity index (χ4v) is 5.78. The molecule has 1 saturated heterocycles. The molecule has 0 spiro atoms. The van der Waals surface area contributed by atoms with Gasteiger partial charge in [0.2, 0.25) is 0 Å². The molecule has 0 aromatic carbocycles. The standard InChI is InChI=1S/C13H21N3O3S2/c1-16(7-9-3-2-6-19-8-9)13-11(12(14)15-20-13)21(17,18)10-4-5-10/h9-10H,2-8H2,1H3,(H2,14,15). The SMILES string of the molecule is CN(CC1CCCOC1)c1snc(N)c1S(=O)(=O)C1CC1.